The minimum atomic E-state index is -0.805. The molecule has 0 spiro atoms. The van der Waals surface area contributed by atoms with Crippen molar-refractivity contribution in [2.75, 3.05) is 13.1 Å². The molecule has 2 aromatic carbocycles. The van der Waals surface area contributed by atoms with Crippen LogP contribution in [-0.4, -0.2) is 29.8 Å². The molecule has 6 heteroatoms. The number of hydrogen-bond donors (Lipinski definition) is 1. The highest BCUT2D eigenvalue weighted by Crippen LogP contribution is 2.24. The van der Waals surface area contributed by atoms with Gasteiger partial charge in [-0.2, -0.15) is 0 Å². The zero-order valence-electron chi connectivity index (χ0n) is 12.8. The van der Waals surface area contributed by atoms with Crippen LogP contribution in [0.4, 0.5) is 8.78 Å². The van der Waals surface area contributed by atoms with Crippen molar-refractivity contribution in [3.05, 3.63) is 71.3 Å². The van der Waals surface area contributed by atoms with E-state index in [2.05, 4.69) is 5.32 Å². The second-order valence-electron chi connectivity index (χ2n) is 5.64. The molecule has 3 rings (SSSR count). The third-order valence-corrected chi connectivity index (χ3v) is 3.96. The maximum absolute atomic E-state index is 13.3. The van der Waals surface area contributed by atoms with Crippen molar-refractivity contribution >= 4 is 11.8 Å². The maximum Gasteiger partial charge on any atom is 0.247 e. The Morgan fingerprint density at radius 2 is 1.88 bits per heavy atom. The number of carbonyl (C=O) groups is 2. The van der Waals surface area contributed by atoms with E-state index in [-0.39, 0.29) is 18.2 Å². The molecule has 0 aliphatic carbocycles. The summed E-state index contributed by atoms with van der Waals surface area (Å²) < 4.78 is 26.4. The van der Waals surface area contributed by atoms with Gasteiger partial charge in [-0.1, -0.05) is 24.3 Å². The van der Waals surface area contributed by atoms with Gasteiger partial charge >= 0.3 is 0 Å². The van der Waals surface area contributed by atoms with Crippen LogP contribution in [0, 0.1) is 11.6 Å². The number of hydrogen-bond acceptors (Lipinski definition) is 2. The first-order valence-electron chi connectivity index (χ1n) is 7.61. The predicted octanol–water partition coefficient (Wildman–Crippen LogP) is 2.21. The summed E-state index contributed by atoms with van der Waals surface area (Å²) in [7, 11) is 0. The molecule has 1 aliphatic rings. The molecule has 2 amide bonds. The molecular weight excluding hydrogens is 314 g/mol. The SMILES string of the molecule is O=C1NCCN(C(=O)Cc2cccc(F)c2)C1c1ccc(F)cc1. The van der Waals surface area contributed by atoms with Crippen LogP contribution < -0.4 is 5.32 Å². The summed E-state index contributed by atoms with van der Waals surface area (Å²) in [6.07, 6.45) is 0.00271. The second-order valence-corrected chi connectivity index (χ2v) is 5.64. The predicted molar refractivity (Wildman–Crippen MR) is 84.0 cm³/mol. The third-order valence-electron chi connectivity index (χ3n) is 3.96. The van der Waals surface area contributed by atoms with E-state index in [1.165, 1.54) is 47.4 Å². The monoisotopic (exact) mass is 330 g/mol. The quantitative estimate of drug-likeness (QED) is 0.938. The molecule has 1 atom stereocenters. The van der Waals surface area contributed by atoms with Crippen molar-refractivity contribution in [1.82, 2.24) is 10.2 Å². The van der Waals surface area contributed by atoms with Crippen LogP contribution in [0.3, 0.4) is 0 Å². The molecule has 2 aromatic rings. The van der Waals surface area contributed by atoms with Crippen LogP contribution in [0.25, 0.3) is 0 Å². The van der Waals surface area contributed by atoms with E-state index < -0.39 is 17.7 Å². The van der Waals surface area contributed by atoms with Crippen molar-refractivity contribution in [1.29, 1.82) is 0 Å². The van der Waals surface area contributed by atoms with Gasteiger partial charge in [0, 0.05) is 13.1 Å². The number of nitrogens with one attached hydrogen (secondary N) is 1. The Kier molecular flexibility index (Phi) is 4.55. The first-order valence-corrected chi connectivity index (χ1v) is 7.61. The molecule has 1 saturated heterocycles. The lowest BCUT2D eigenvalue weighted by atomic mass is 10.0. The Morgan fingerprint density at radius 3 is 2.58 bits per heavy atom. The fourth-order valence-electron chi connectivity index (χ4n) is 2.84. The lowest BCUT2D eigenvalue weighted by Gasteiger charge is -2.35. The molecule has 1 heterocycles. The topological polar surface area (TPSA) is 49.4 Å². The Labute approximate surface area is 138 Å². The van der Waals surface area contributed by atoms with Crippen molar-refractivity contribution in [3.63, 3.8) is 0 Å². The van der Waals surface area contributed by atoms with E-state index in [1.54, 1.807) is 6.07 Å². The molecule has 1 unspecified atom stereocenters. The molecule has 0 saturated carbocycles. The molecule has 0 bridgehead atoms. The highest BCUT2D eigenvalue weighted by Gasteiger charge is 2.34. The van der Waals surface area contributed by atoms with Gasteiger partial charge in [-0.05, 0) is 35.4 Å². The lowest BCUT2D eigenvalue weighted by Crippen LogP contribution is -2.52. The number of nitrogens with zero attached hydrogens (tertiary/aromatic N) is 1. The Bertz CT molecular complexity index is 762. The van der Waals surface area contributed by atoms with Crippen molar-refractivity contribution < 1.29 is 18.4 Å². The van der Waals surface area contributed by atoms with Gasteiger partial charge in [0.25, 0.3) is 0 Å². The van der Waals surface area contributed by atoms with E-state index in [0.717, 1.165) is 0 Å². The number of amides is 2. The number of benzene rings is 2. The third kappa shape index (κ3) is 3.42. The second kappa shape index (κ2) is 6.78. The van der Waals surface area contributed by atoms with E-state index in [0.29, 0.717) is 24.2 Å². The molecule has 1 N–H and O–H groups in total. The largest absolute Gasteiger partial charge is 0.352 e. The van der Waals surface area contributed by atoms with Crippen molar-refractivity contribution in [2.45, 2.75) is 12.5 Å². The fourth-order valence-corrected chi connectivity index (χ4v) is 2.84. The Balaban J connectivity index is 1.84. The summed E-state index contributed by atoms with van der Waals surface area (Å²) in [5.41, 5.74) is 1.09. The molecule has 0 aromatic heterocycles. The molecule has 1 fully saturated rings. The highest BCUT2D eigenvalue weighted by molar-refractivity contribution is 5.90. The van der Waals surface area contributed by atoms with Gasteiger partial charge in [-0.3, -0.25) is 9.59 Å². The zero-order valence-corrected chi connectivity index (χ0v) is 12.8. The summed E-state index contributed by atoms with van der Waals surface area (Å²) >= 11 is 0. The molecule has 4 nitrogen and oxygen atoms in total. The van der Waals surface area contributed by atoms with Gasteiger partial charge in [0.1, 0.15) is 17.7 Å². The van der Waals surface area contributed by atoms with Crippen molar-refractivity contribution in [3.8, 4) is 0 Å². The zero-order chi connectivity index (χ0) is 17.1. The lowest BCUT2D eigenvalue weighted by molar-refractivity contribution is -0.143. The number of carbonyl (C=O) groups excluding carboxylic acids is 2. The van der Waals surface area contributed by atoms with Gasteiger partial charge in [0.05, 0.1) is 6.42 Å². The standard InChI is InChI=1S/C18H16F2N2O2/c19-14-6-4-13(5-7-14)17-18(24)21-8-9-22(17)16(23)11-12-2-1-3-15(20)10-12/h1-7,10,17H,8-9,11H2,(H,21,24). The maximum atomic E-state index is 13.3. The summed E-state index contributed by atoms with van der Waals surface area (Å²) in [6.45, 7) is 0.702. The Morgan fingerprint density at radius 1 is 1.12 bits per heavy atom. The van der Waals surface area contributed by atoms with Gasteiger partial charge in [0.15, 0.2) is 0 Å². The number of halogens is 2. The minimum Gasteiger partial charge on any atom is -0.352 e. The van der Waals surface area contributed by atoms with Crippen LogP contribution in [0.5, 0.6) is 0 Å². The van der Waals surface area contributed by atoms with Crippen LogP contribution >= 0.6 is 0 Å². The summed E-state index contributed by atoms with van der Waals surface area (Å²) in [4.78, 5) is 26.3. The first-order chi connectivity index (χ1) is 11.5. The average molecular weight is 330 g/mol. The average Bonchev–Trinajstić information content (AvgIpc) is 2.55. The van der Waals surface area contributed by atoms with Gasteiger partial charge in [-0.25, -0.2) is 8.78 Å². The molecule has 24 heavy (non-hydrogen) atoms. The van der Waals surface area contributed by atoms with E-state index in [9.17, 15) is 18.4 Å². The van der Waals surface area contributed by atoms with Gasteiger partial charge in [0.2, 0.25) is 11.8 Å². The smallest absolute Gasteiger partial charge is 0.247 e. The van der Waals surface area contributed by atoms with Gasteiger partial charge in [-0.15, -0.1) is 0 Å². The highest BCUT2D eigenvalue weighted by atomic mass is 19.1. The van der Waals surface area contributed by atoms with E-state index >= 15 is 0 Å². The Hall–Kier alpha value is -2.76. The summed E-state index contributed by atoms with van der Waals surface area (Å²) in [5.74, 6) is -1.40. The van der Waals surface area contributed by atoms with Crippen molar-refractivity contribution in [2.24, 2.45) is 0 Å². The van der Waals surface area contributed by atoms with Crippen LogP contribution in [0.2, 0.25) is 0 Å². The fraction of sp³-hybridized carbons (Fsp3) is 0.222. The molecule has 124 valence electrons. The van der Waals surface area contributed by atoms with Crippen LogP contribution in [0.15, 0.2) is 48.5 Å². The summed E-state index contributed by atoms with van der Waals surface area (Å²) in [5, 5.41) is 2.72. The minimum absolute atomic E-state index is 0.00271. The van der Waals surface area contributed by atoms with E-state index in [4.69, 9.17) is 0 Å². The number of rotatable bonds is 3. The summed E-state index contributed by atoms with van der Waals surface area (Å²) in [6, 6.07) is 10.5. The first kappa shape index (κ1) is 16.1. The number of piperazine rings is 1. The normalized spacial score (nSPS) is 17.5. The molecular formula is C18H16F2N2O2. The van der Waals surface area contributed by atoms with Gasteiger partial charge < -0.3 is 10.2 Å². The van der Waals surface area contributed by atoms with E-state index in [1.807, 2.05) is 0 Å². The molecule has 1 aliphatic heterocycles. The van der Waals surface area contributed by atoms with Crippen LogP contribution in [-0.2, 0) is 16.0 Å². The van der Waals surface area contributed by atoms with Crippen LogP contribution in [0.1, 0.15) is 17.2 Å². The molecule has 0 radical (unpaired) electrons.